The van der Waals surface area contributed by atoms with Crippen LogP contribution in [-0.4, -0.2) is 7.05 Å². The van der Waals surface area contributed by atoms with Crippen LogP contribution >= 0.6 is 23.4 Å². The summed E-state index contributed by atoms with van der Waals surface area (Å²) in [6, 6.07) is 6.05. The Balaban J connectivity index is 2.37. The molecule has 0 atom stereocenters. The molecule has 0 amide bonds. The van der Waals surface area contributed by atoms with E-state index >= 15 is 0 Å². The Labute approximate surface area is 100 Å². The summed E-state index contributed by atoms with van der Waals surface area (Å²) in [4.78, 5) is 3.49. The smallest absolute Gasteiger partial charge is 0.0760 e. The minimum atomic E-state index is 0.569. The molecule has 0 fully saturated rings. The van der Waals surface area contributed by atoms with E-state index in [1.165, 1.54) is 15.6 Å². The fourth-order valence-electron chi connectivity index (χ4n) is 1.57. The van der Waals surface area contributed by atoms with Crippen molar-refractivity contribution in [1.29, 1.82) is 0 Å². The minimum absolute atomic E-state index is 0.569. The van der Waals surface area contributed by atoms with Crippen molar-refractivity contribution in [1.82, 2.24) is 0 Å². The minimum Gasteiger partial charge on any atom is -0.338 e. The number of rotatable bonds is 1. The van der Waals surface area contributed by atoms with Gasteiger partial charge in [0.15, 0.2) is 0 Å². The first-order valence-corrected chi connectivity index (χ1v) is 6.20. The van der Waals surface area contributed by atoms with Gasteiger partial charge in [-0.05, 0) is 24.1 Å². The Kier molecular flexibility index (Phi) is 2.98. The molecule has 1 aromatic rings. The molecule has 1 nitrogen and oxygen atoms in total. The number of allylic oxidation sites excluding steroid dienone is 1. The zero-order valence-electron chi connectivity index (χ0n) is 9.12. The van der Waals surface area contributed by atoms with Gasteiger partial charge in [0, 0.05) is 17.0 Å². The van der Waals surface area contributed by atoms with Crippen LogP contribution in [0.2, 0.25) is 5.02 Å². The molecular formula is C12H14ClNS. The molecular weight excluding hydrogens is 226 g/mol. The number of benzene rings is 1. The lowest BCUT2D eigenvalue weighted by Crippen LogP contribution is -2.10. The predicted molar refractivity (Wildman–Crippen MR) is 68.6 cm³/mol. The number of fused-ring (bicyclic) bond motifs is 1. The highest BCUT2D eigenvalue weighted by Crippen LogP contribution is 2.46. The quantitative estimate of drug-likeness (QED) is 0.716. The third-order valence-electron chi connectivity index (χ3n) is 2.30. The first-order chi connectivity index (χ1) is 7.08. The lowest BCUT2D eigenvalue weighted by molar-refractivity contribution is 0.824. The number of thioether (sulfide) groups is 1. The van der Waals surface area contributed by atoms with Crippen LogP contribution in [0, 0.1) is 5.92 Å². The van der Waals surface area contributed by atoms with E-state index in [-0.39, 0.29) is 0 Å². The van der Waals surface area contributed by atoms with Crippen LogP contribution in [0.5, 0.6) is 0 Å². The van der Waals surface area contributed by atoms with Crippen LogP contribution in [0.25, 0.3) is 0 Å². The Morgan fingerprint density at radius 3 is 2.80 bits per heavy atom. The maximum Gasteiger partial charge on any atom is 0.0760 e. The fourth-order valence-corrected chi connectivity index (χ4v) is 2.97. The van der Waals surface area contributed by atoms with Gasteiger partial charge < -0.3 is 4.90 Å². The van der Waals surface area contributed by atoms with Crippen LogP contribution < -0.4 is 4.90 Å². The molecule has 3 heteroatoms. The molecule has 1 aliphatic heterocycles. The van der Waals surface area contributed by atoms with E-state index in [1.807, 2.05) is 23.9 Å². The van der Waals surface area contributed by atoms with E-state index in [0.717, 1.165) is 5.02 Å². The van der Waals surface area contributed by atoms with Gasteiger partial charge in [0.2, 0.25) is 0 Å². The molecule has 0 bridgehead atoms. The lowest BCUT2D eigenvalue weighted by atomic mass is 10.2. The van der Waals surface area contributed by atoms with Gasteiger partial charge in [0.25, 0.3) is 0 Å². The summed E-state index contributed by atoms with van der Waals surface area (Å²) >= 11 is 7.80. The summed E-state index contributed by atoms with van der Waals surface area (Å²) < 4.78 is 0. The zero-order valence-corrected chi connectivity index (χ0v) is 10.7. The number of nitrogens with zero attached hydrogens (tertiary/aromatic N) is 1. The first kappa shape index (κ1) is 10.9. The van der Waals surface area contributed by atoms with E-state index in [9.17, 15) is 0 Å². The molecule has 1 aromatic carbocycles. The van der Waals surface area contributed by atoms with Gasteiger partial charge in [-0.25, -0.2) is 0 Å². The molecule has 0 aliphatic carbocycles. The lowest BCUT2D eigenvalue weighted by Gasteiger charge is -2.14. The molecule has 0 spiro atoms. The van der Waals surface area contributed by atoms with Gasteiger partial charge in [-0.15, -0.1) is 0 Å². The fraction of sp³-hybridized carbons (Fsp3) is 0.333. The summed E-state index contributed by atoms with van der Waals surface area (Å²) in [6.07, 6.45) is 2.28. The second-order valence-electron chi connectivity index (χ2n) is 4.02. The Morgan fingerprint density at radius 1 is 1.40 bits per heavy atom. The van der Waals surface area contributed by atoms with Crippen molar-refractivity contribution in [3.63, 3.8) is 0 Å². The third kappa shape index (κ3) is 2.16. The van der Waals surface area contributed by atoms with E-state index < -0.39 is 0 Å². The zero-order chi connectivity index (χ0) is 11.0. The Hall–Kier alpha value is -0.600. The summed E-state index contributed by atoms with van der Waals surface area (Å²) in [7, 11) is 2.09. The molecule has 0 saturated carbocycles. The molecule has 80 valence electrons. The topological polar surface area (TPSA) is 3.24 Å². The highest BCUT2D eigenvalue weighted by atomic mass is 35.5. The second kappa shape index (κ2) is 4.11. The van der Waals surface area contributed by atoms with Crippen LogP contribution in [0.4, 0.5) is 5.69 Å². The summed E-state index contributed by atoms with van der Waals surface area (Å²) in [5.41, 5.74) is 1.21. The van der Waals surface area contributed by atoms with Crippen LogP contribution in [0.3, 0.4) is 0 Å². The van der Waals surface area contributed by atoms with Crippen molar-refractivity contribution < 1.29 is 0 Å². The van der Waals surface area contributed by atoms with Crippen molar-refractivity contribution in [2.75, 3.05) is 11.9 Å². The molecule has 1 heterocycles. The number of anilines is 1. The van der Waals surface area contributed by atoms with Crippen LogP contribution in [0.1, 0.15) is 13.8 Å². The maximum atomic E-state index is 5.99. The van der Waals surface area contributed by atoms with Crippen LogP contribution in [0.15, 0.2) is 34.2 Å². The maximum absolute atomic E-state index is 5.99. The van der Waals surface area contributed by atoms with Crippen molar-refractivity contribution in [2.45, 2.75) is 18.7 Å². The molecule has 0 radical (unpaired) electrons. The van der Waals surface area contributed by atoms with E-state index in [0.29, 0.717) is 5.92 Å². The monoisotopic (exact) mass is 239 g/mol. The van der Waals surface area contributed by atoms with Gasteiger partial charge >= 0.3 is 0 Å². The average Bonchev–Trinajstić information content (AvgIpc) is 2.44. The normalized spacial score (nSPS) is 17.7. The number of hydrogen-bond acceptors (Lipinski definition) is 2. The summed E-state index contributed by atoms with van der Waals surface area (Å²) in [5.74, 6) is 0.569. The average molecular weight is 240 g/mol. The molecule has 1 aliphatic rings. The molecule has 2 rings (SSSR count). The van der Waals surface area contributed by atoms with Crippen molar-refractivity contribution in [2.24, 2.45) is 5.92 Å². The highest BCUT2D eigenvalue weighted by Gasteiger charge is 2.21. The van der Waals surface area contributed by atoms with E-state index in [4.69, 9.17) is 11.6 Å². The largest absolute Gasteiger partial charge is 0.338 e. The Morgan fingerprint density at radius 2 is 2.13 bits per heavy atom. The predicted octanol–water partition coefficient (Wildman–Crippen LogP) is 4.38. The summed E-state index contributed by atoms with van der Waals surface area (Å²) in [6.45, 7) is 4.38. The molecule has 0 unspecified atom stereocenters. The van der Waals surface area contributed by atoms with Crippen molar-refractivity contribution >= 4 is 29.1 Å². The van der Waals surface area contributed by atoms with Gasteiger partial charge in [-0.2, -0.15) is 0 Å². The molecule has 0 saturated heterocycles. The molecule has 15 heavy (non-hydrogen) atoms. The van der Waals surface area contributed by atoms with Crippen LogP contribution in [-0.2, 0) is 0 Å². The van der Waals surface area contributed by atoms with E-state index in [2.05, 4.69) is 37.9 Å². The van der Waals surface area contributed by atoms with Gasteiger partial charge in [0.1, 0.15) is 0 Å². The van der Waals surface area contributed by atoms with E-state index in [1.54, 1.807) is 0 Å². The van der Waals surface area contributed by atoms with Gasteiger partial charge in [-0.1, -0.05) is 43.3 Å². The van der Waals surface area contributed by atoms with Gasteiger partial charge in [-0.3, -0.25) is 0 Å². The number of hydrogen-bond donors (Lipinski definition) is 0. The highest BCUT2D eigenvalue weighted by molar-refractivity contribution is 8.03. The molecule has 0 N–H and O–H groups in total. The SMILES string of the molecule is CC(C)/C=C1\Sc2ccc(Cl)cc2N1C. The first-order valence-electron chi connectivity index (χ1n) is 5.01. The third-order valence-corrected chi connectivity index (χ3v) is 3.72. The Bertz CT molecular complexity index is 412. The van der Waals surface area contributed by atoms with Crippen molar-refractivity contribution in [3.8, 4) is 0 Å². The second-order valence-corrected chi connectivity index (χ2v) is 5.52. The number of halogens is 1. The molecule has 0 aromatic heterocycles. The van der Waals surface area contributed by atoms with Gasteiger partial charge in [0.05, 0.1) is 10.7 Å². The standard InChI is InChI=1S/C12H14ClNS/c1-8(2)6-12-14(3)10-7-9(13)4-5-11(10)15-12/h4-8H,1-3H3/b12-6-. The summed E-state index contributed by atoms with van der Waals surface area (Å²) in [5, 5.41) is 2.09. The van der Waals surface area contributed by atoms with Crippen molar-refractivity contribution in [3.05, 3.63) is 34.3 Å².